The summed E-state index contributed by atoms with van der Waals surface area (Å²) in [6.07, 6.45) is 3.02. The van der Waals surface area contributed by atoms with E-state index in [1.165, 1.54) is 6.20 Å². The molecule has 0 unspecified atom stereocenters. The van der Waals surface area contributed by atoms with Crippen LogP contribution >= 0.6 is 23.2 Å². The summed E-state index contributed by atoms with van der Waals surface area (Å²) in [6, 6.07) is 8.42. The smallest absolute Gasteiger partial charge is 0.250 e. The third-order valence-corrected chi connectivity index (χ3v) is 3.70. The first-order chi connectivity index (χ1) is 11.9. The summed E-state index contributed by atoms with van der Waals surface area (Å²) < 4.78 is 0. The van der Waals surface area contributed by atoms with E-state index in [0.29, 0.717) is 26.9 Å². The van der Waals surface area contributed by atoms with Crippen molar-refractivity contribution >= 4 is 40.9 Å². The van der Waals surface area contributed by atoms with Gasteiger partial charge in [0.1, 0.15) is 5.69 Å². The van der Waals surface area contributed by atoms with E-state index in [1.807, 2.05) is 0 Å². The van der Waals surface area contributed by atoms with E-state index in [0.717, 1.165) is 0 Å². The maximum absolute atomic E-state index is 10.4. The molecule has 8 nitrogen and oxygen atoms in total. The number of nitrogens with zero attached hydrogens (tertiary/aromatic N) is 4. The van der Waals surface area contributed by atoms with E-state index in [1.54, 1.807) is 36.5 Å². The van der Waals surface area contributed by atoms with Crippen LogP contribution in [0.15, 0.2) is 42.7 Å². The maximum atomic E-state index is 10.4. The van der Waals surface area contributed by atoms with Crippen LogP contribution in [0, 0.1) is 0 Å². The molecule has 0 aliphatic rings. The molecule has 2 aromatic heterocycles. The van der Waals surface area contributed by atoms with Gasteiger partial charge in [0.15, 0.2) is 5.82 Å². The minimum absolute atomic E-state index is 0.0133. The molecule has 0 spiro atoms. The lowest BCUT2D eigenvalue weighted by atomic mass is 10.1. The molecule has 3 aromatic rings. The molecule has 6 N–H and O–H groups in total. The Kier molecular flexibility index (Phi) is 6.04. The topological polar surface area (TPSA) is 147 Å². The van der Waals surface area contributed by atoms with Crippen LogP contribution in [-0.2, 0) is 0 Å². The molecule has 0 atom stereocenters. The minimum Gasteiger partial charge on any atom is -0.382 e. The second-order valence-corrected chi connectivity index (χ2v) is 5.40. The monoisotopic (exact) mass is 377 g/mol. The van der Waals surface area contributed by atoms with Gasteiger partial charge in [0, 0.05) is 18.0 Å². The molecule has 2 heterocycles. The van der Waals surface area contributed by atoms with E-state index in [4.69, 9.17) is 40.4 Å². The Labute approximate surface area is 153 Å². The lowest BCUT2D eigenvalue weighted by molar-refractivity contribution is 0.1000. The quantitative estimate of drug-likeness (QED) is 0.619. The van der Waals surface area contributed by atoms with Crippen molar-refractivity contribution in [2.45, 2.75) is 0 Å². The first-order valence-electron chi connectivity index (χ1n) is 6.80. The van der Waals surface area contributed by atoms with E-state index < -0.39 is 5.91 Å². The molecule has 1 amide bonds. The molecule has 0 aliphatic heterocycles. The van der Waals surface area contributed by atoms with Gasteiger partial charge in [-0.3, -0.25) is 9.78 Å². The molecule has 25 heavy (non-hydrogen) atoms. The lowest BCUT2D eigenvalue weighted by Gasteiger charge is -2.06. The van der Waals surface area contributed by atoms with Crippen LogP contribution in [-0.4, -0.2) is 26.1 Å². The summed E-state index contributed by atoms with van der Waals surface area (Å²) >= 11 is 11.9. The van der Waals surface area contributed by atoms with Gasteiger partial charge in [-0.25, -0.2) is 0 Å². The molecular weight excluding hydrogens is 365 g/mol. The predicted molar refractivity (Wildman–Crippen MR) is 96.9 cm³/mol. The van der Waals surface area contributed by atoms with Gasteiger partial charge in [0.2, 0.25) is 11.9 Å². The van der Waals surface area contributed by atoms with Crippen LogP contribution < -0.4 is 17.2 Å². The van der Waals surface area contributed by atoms with E-state index in [2.05, 4.69) is 20.2 Å². The van der Waals surface area contributed by atoms with Crippen LogP contribution in [0.5, 0.6) is 0 Å². The number of hydrogen-bond donors (Lipinski definition) is 3. The molecule has 0 radical (unpaired) electrons. The average Bonchev–Trinajstić information content (AvgIpc) is 2.59. The van der Waals surface area contributed by atoms with Gasteiger partial charge in [0.05, 0.1) is 15.6 Å². The highest BCUT2D eigenvalue weighted by Crippen LogP contribution is 2.34. The van der Waals surface area contributed by atoms with Gasteiger partial charge < -0.3 is 17.2 Å². The fourth-order valence-corrected chi connectivity index (χ4v) is 2.13. The Morgan fingerprint density at radius 3 is 2.36 bits per heavy atom. The number of pyridine rings is 1. The summed E-state index contributed by atoms with van der Waals surface area (Å²) in [6.45, 7) is 0. The Morgan fingerprint density at radius 1 is 1.04 bits per heavy atom. The molecular formula is C15H13Cl2N7O. The second-order valence-electron chi connectivity index (χ2n) is 4.61. The van der Waals surface area contributed by atoms with Gasteiger partial charge >= 0.3 is 0 Å². The van der Waals surface area contributed by atoms with Crippen molar-refractivity contribution in [3.63, 3.8) is 0 Å². The normalized spacial score (nSPS) is 9.84. The molecule has 3 rings (SSSR count). The first kappa shape index (κ1) is 18.4. The molecule has 0 saturated heterocycles. The number of nitrogen functional groups attached to an aromatic ring is 2. The number of benzene rings is 1. The summed E-state index contributed by atoms with van der Waals surface area (Å²) in [5, 5.41) is 8.24. The van der Waals surface area contributed by atoms with E-state index in [9.17, 15) is 4.79 Å². The van der Waals surface area contributed by atoms with E-state index in [-0.39, 0.29) is 11.8 Å². The van der Waals surface area contributed by atoms with Crippen molar-refractivity contribution in [3.8, 4) is 11.3 Å². The SMILES string of the molecule is NC(=O)c1cccnc1.Nc1nnc(-c2cccc(Cl)c2Cl)c(N)n1. The third kappa shape index (κ3) is 4.75. The Balaban J connectivity index is 0.000000212. The number of rotatable bonds is 2. The molecule has 0 saturated carbocycles. The molecule has 0 fully saturated rings. The number of nitrogens with two attached hydrogens (primary N) is 3. The van der Waals surface area contributed by atoms with Gasteiger partial charge in [-0.15, -0.1) is 10.2 Å². The number of anilines is 2. The van der Waals surface area contributed by atoms with Gasteiger partial charge in [-0.05, 0) is 18.2 Å². The van der Waals surface area contributed by atoms with Crippen LogP contribution in [0.2, 0.25) is 10.0 Å². The van der Waals surface area contributed by atoms with Crippen molar-refractivity contribution in [3.05, 3.63) is 58.3 Å². The van der Waals surface area contributed by atoms with Gasteiger partial charge in [0.25, 0.3) is 0 Å². The maximum Gasteiger partial charge on any atom is 0.250 e. The minimum atomic E-state index is -0.442. The highest BCUT2D eigenvalue weighted by Gasteiger charge is 2.12. The Hall–Kier alpha value is -2.97. The molecule has 0 aliphatic carbocycles. The number of halogens is 2. The zero-order valence-electron chi connectivity index (χ0n) is 12.7. The second kappa shape index (κ2) is 8.22. The van der Waals surface area contributed by atoms with Crippen molar-refractivity contribution in [1.82, 2.24) is 20.2 Å². The fraction of sp³-hybridized carbons (Fsp3) is 0. The van der Waals surface area contributed by atoms with Crippen LogP contribution in [0.1, 0.15) is 10.4 Å². The van der Waals surface area contributed by atoms with Gasteiger partial charge in [-0.2, -0.15) is 4.98 Å². The number of carbonyl (C=O) groups excluding carboxylic acids is 1. The molecule has 1 aromatic carbocycles. The highest BCUT2D eigenvalue weighted by molar-refractivity contribution is 6.43. The third-order valence-electron chi connectivity index (χ3n) is 2.88. The zero-order chi connectivity index (χ0) is 18.4. The van der Waals surface area contributed by atoms with Crippen molar-refractivity contribution in [1.29, 1.82) is 0 Å². The Morgan fingerprint density at radius 2 is 1.80 bits per heavy atom. The van der Waals surface area contributed by atoms with Crippen molar-refractivity contribution in [2.24, 2.45) is 5.73 Å². The lowest BCUT2D eigenvalue weighted by Crippen LogP contribution is -2.10. The number of primary amides is 1. The molecule has 10 heteroatoms. The van der Waals surface area contributed by atoms with Crippen LogP contribution in [0.25, 0.3) is 11.3 Å². The number of aromatic nitrogens is 4. The first-order valence-corrected chi connectivity index (χ1v) is 7.55. The standard InChI is InChI=1S/C9H7Cl2N5.C6H6N2O/c10-5-3-1-2-4(6(5)11)7-8(12)14-9(13)16-15-7;7-6(9)5-2-1-3-8-4-5/h1-3H,(H4,12,13,14,16);1-4H,(H2,7,9). The predicted octanol–water partition coefficient (Wildman–Crippen LogP) is 2.19. The number of hydrogen-bond acceptors (Lipinski definition) is 7. The molecule has 128 valence electrons. The highest BCUT2D eigenvalue weighted by atomic mass is 35.5. The number of amides is 1. The average molecular weight is 378 g/mol. The fourth-order valence-electron chi connectivity index (χ4n) is 1.74. The van der Waals surface area contributed by atoms with Crippen molar-refractivity contribution < 1.29 is 4.79 Å². The van der Waals surface area contributed by atoms with Gasteiger partial charge in [-0.1, -0.05) is 35.3 Å². The Bertz CT molecular complexity index is 890. The summed E-state index contributed by atoms with van der Waals surface area (Å²) in [4.78, 5) is 17.9. The summed E-state index contributed by atoms with van der Waals surface area (Å²) in [5.74, 6) is -0.265. The van der Waals surface area contributed by atoms with Crippen LogP contribution in [0.3, 0.4) is 0 Å². The van der Waals surface area contributed by atoms with E-state index >= 15 is 0 Å². The van der Waals surface area contributed by atoms with Crippen molar-refractivity contribution in [2.75, 3.05) is 11.5 Å². The summed E-state index contributed by atoms with van der Waals surface area (Å²) in [7, 11) is 0. The molecule has 0 bridgehead atoms. The number of carbonyl (C=O) groups is 1. The van der Waals surface area contributed by atoms with Crippen LogP contribution in [0.4, 0.5) is 11.8 Å². The summed E-state index contributed by atoms with van der Waals surface area (Å²) in [5.41, 5.74) is 17.3. The zero-order valence-corrected chi connectivity index (χ0v) is 14.2. The largest absolute Gasteiger partial charge is 0.382 e.